The number of hydrogen-bond acceptors (Lipinski definition) is 4. The van der Waals surface area contributed by atoms with Crippen molar-refractivity contribution in [2.45, 2.75) is 0 Å². The van der Waals surface area contributed by atoms with Crippen LogP contribution in [-0.4, -0.2) is 26.3 Å². The maximum absolute atomic E-state index is 5.71. The van der Waals surface area contributed by atoms with E-state index < -0.39 is 0 Å². The van der Waals surface area contributed by atoms with E-state index in [9.17, 15) is 0 Å². The Balaban J connectivity index is 1.90. The molecule has 0 unspecified atom stereocenters. The van der Waals surface area contributed by atoms with Gasteiger partial charge in [0.15, 0.2) is 0 Å². The van der Waals surface area contributed by atoms with Crippen LogP contribution < -0.4 is 20.9 Å². The third-order valence-electron chi connectivity index (χ3n) is 5.43. The Morgan fingerprint density at radius 2 is 0.765 bits per heavy atom. The van der Waals surface area contributed by atoms with Crippen LogP contribution in [0.1, 0.15) is 22.3 Å². The van der Waals surface area contributed by atoms with Gasteiger partial charge in [-0.25, -0.2) is 0 Å². The van der Waals surface area contributed by atoms with Gasteiger partial charge in [-0.15, -0.1) is 0 Å². The summed E-state index contributed by atoms with van der Waals surface area (Å²) in [5.41, 5.74) is 18.0. The molecule has 0 spiro atoms. The fourth-order valence-corrected chi connectivity index (χ4v) is 3.91. The van der Waals surface area contributed by atoms with Gasteiger partial charge in [0, 0.05) is 13.1 Å². The Hall–Kier alpha value is -3.86. The topological polar surface area (TPSA) is 70.5 Å². The zero-order valence-corrected chi connectivity index (χ0v) is 19.2. The lowest BCUT2D eigenvalue weighted by molar-refractivity contribution is 0.328. The van der Waals surface area contributed by atoms with Crippen molar-refractivity contribution in [2.24, 2.45) is 11.5 Å². The molecule has 4 N–H and O–H groups in total. The predicted octanol–water partition coefficient (Wildman–Crippen LogP) is 5.37. The van der Waals surface area contributed by atoms with Crippen LogP contribution in [0, 0.1) is 0 Å². The first kappa shape index (κ1) is 23.3. The molecule has 4 aromatic carbocycles. The third-order valence-corrected chi connectivity index (χ3v) is 5.43. The van der Waals surface area contributed by atoms with Crippen molar-refractivity contribution in [1.82, 2.24) is 0 Å². The molecule has 0 radical (unpaired) electrons. The monoisotopic (exact) mass is 450 g/mol. The normalized spacial score (nSPS) is 11.6. The van der Waals surface area contributed by atoms with Crippen LogP contribution in [0.4, 0.5) is 0 Å². The van der Waals surface area contributed by atoms with Crippen LogP contribution >= 0.6 is 0 Å². The zero-order valence-electron chi connectivity index (χ0n) is 19.2. The molecule has 172 valence electrons. The molecule has 0 saturated carbocycles. The van der Waals surface area contributed by atoms with Crippen molar-refractivity contribution in [1.29, 1.82) is 0 Å². The van der Waals surface area contributed by atoms with E-state index in [1.807, 2.05) is 36.4 Å². The van der Waals surface area contributed by atoms with Crippen molar-refractivity contribution >= 4 is 11.1 Å². The average Bonchev–Trinajstić information content (AvgIpc) is 2.91. The molecule has 0 aliphatic carbocycles. The van der Waals surface area contributed by atoms with Gasteiger partial charge < -0.3 is 20.9 Å². The molecule has 0 fully saturated rings. The van der Waals surface area contributed by atoms with E-state index in [0.717, 1.165) is 44.9 Å². The average molecular weight is 451 g/mol. The quantitative estimate of drug-likeness (QED) is 0.319. The molecular weight excluding hydrogens is 420 g/mol. The highest BCUT2D eigenvalue weighted by Crippen LogP contribution is 2.37. The molecule has 0 saturated heterocycles. The molecule has 0 aliphatic heterocycles. The molecule has 4 rings (SSSR count). The van der Waals surface area contributed by atoms with E-state index in [4.69, 9.17) is 20.9 Å². The molecule has 0 amide bonds. The van der Waals surface area contributed by atoms with Crippen LogP contribution in [0.15, 0.2) is 109 Å². The van der Waals surface area contributed by atoms with Gasteiger partial charge in [-0.2, -0.15) is 0 Å². The minimum absolute atomic E-state index is 0.486. The Morgan fingerprint density at radius 3 is 1.09 bits per heavy atom. The summed E-state index contributed by atoms with van der Waals surface area (Å²) in [6, 6.07) is 37.4. The summed E-state index contributed by atoms with van der Waals surface area (Å²) in [7, 11) is 0. The maximum Gasteiger partial charge on any atom is 0.119 e. The Kier molecular flexibility index (Phi) is 8.12. The Bertz CT molecular complexity index is 1090. The maximum atomic E-state index is 5.71. The van der Waals surface area contributed by atoms with E-state index in [1.54, 1.807) is 0 Å². The van der Waals surface area contributed by atoms with Crippen molar-refractivity contribution in [2.75, 3.05) is 26.3 Å². The van der Waals surface area contributed by atoms with Gasteiger partial charge in [0.05, 0.1) is 0 Å². The molecule has 0 aromatic heterocycles. The van der Waals surface area contributed by atoms with E-state index in [-0.39, 0.29) is 0 Å². The first-order valence-corrected chi connectivity index (χ1v) is 11.5. The van der Waals surface area contributed by atoms with E-state index in [1.165, 1.54) is 0 Å². The van der Waals surface area contributed by atoms with Crippen LogP contribution in [-0.2, 0) is 0 Å². The fraction of sp³-hybridized carbons (Fsp3) is 0.133. The Morgan fingerprint density at radius 1 is 0.441 bits per heavy atom. The third kappa shape index (κ3) is 5.73. The first-order valence-electron chi connectivity index (χ1n) is 11.5. The predicted molar refractivity (Wildman–Crippen MR) is 140 cm³/mol. The largest absolute Gasteiger partial charge is 0.492 e. The van der Waals surface area contributed by atoms with Crippen molar-refractivity contribution in [3.05, 3.63) is 131 Å². The molecule has 0 atom stereocenters. The van der Waals surface area contributed by atoms with Gasteiger partial charge in [0.1, 0.15) is 24.7 Å². The lowest BCUT2D eigenvalue weighted by atomic mass is 9.86. The molecule has 4 heteroatoms. The lowest BCUT2D eigenvalue weighted by Gasteiger charge is -2.19. The van der Waals surface area contributed by atoms with Crippen LogP contribution in [0.5, 0.6) is 11.5 Å². The van der Waals surface area contributed by atoms with Gasteiger partial charge in [-0.3, -0.25) is 0 Å². The van der Waals surface area contributed by atoms with E-state index >= 15 is 0 Å². The summed E-state index contributed by atoms with van der Waals surface area (Å²) >= 11 is 0. The van der Waals surface area contributed by atoms with Gasteiger partial charge in [0.2, 0.25) is 0 Å². The fourth-order valence-electron chi connectivity index (χ4n) is 3.91. The smallest absolute Gasteiger partial charge is 0.119 e. The number of benzene rings is 4. The highest BCUT2D eigenvalue weighted by molar-refractivity contribution is 6.04. The molecule has 34 heavy (non-hydrogen) atoms. The molecule has 0 bridgehead atoms. The van der Waals surface area contributed by atoms with Gasteiger partial charge >= 0.3 is 0 Å². The summed E-state index contributed by atoms with van der Waals surface area (Å²) in [6.07, 6.45) is 0. The summed E-state index contributed by atoms with van der Waals surface area (Å²) in [4.78, 5) is 0. The molecule has 4 nitrogen and oxygen atoms in total. The van der Waals surface area contributed by atoms with Gasteiger partial charge in [-0.1, -0.05) is 84.9 Å². The number of ether oxygens (including phenoxy) is 2. The molecule has 0 aliphatic rings. The van der Waals surface area contributed by atoms with Gasteiger partial charge in [0.25, 0.3) is 0 Å². The highest BCUT2D eigenvalue weighted by atomic mass is 16.5. The first-order chi connectivity index (χ1) is 16.8. The minimum atomic E-state index is 0.486. The number of nitrogens with two attached hydrogens (primary N) is 2. The summed E-state index contributed by atoms with van der Waals surface area (Å²) < 4.78 is 11.4. The lowest BCUT2D eigenvalue weighted by Crippen LogP contribution is -2.10. The van der Waals surface area contributed by atoms with Gasteiger partial charge in [-0.05, 0) is 57.7 Å². The highest BCUT2D eigenvalue weighted by Gasteiger charge is 2.16. The molecule has 0 heterocycles. The summed E-state index contributed by atoms with van der Waals surface area (Å²) in [5, 5.41) is 0. The van der Waals surface area contributed by atoms with E-state index in [2.05, 4.69) is 72.8 Å². The molecular formula is C30H30N2O2. The van der Waals surface area contributed by atoms with Crippen LogP contribution in [0.25, 0.3) is 11.1 Å². The van der Waals surface area contributed by atoms with E-state index in [0.29, 0.717) is 26.3 Å². The standard InChI is InChI=1S/C30H30N2O2/c31-19-21-33-27-15-11-25(12-16-27)29(23-7-3-1-4-8-23)30(24-9-5-2-6-10-24)26-13-17-28(18-14-26)34-22-20-32/h1-18H,19-22,31-32H2/b30-29-. The van der Waals surface area contributed by atoms with Crippen molar-refractivity contribution in [3.8, 4) is 11.5 Å². The number of rotatable bonds is 10. The second-order valence-electron chi connectivity index (χ2n) is 7.81. The summed E-state index contributed by atoms with van der Waals surface area (Å²) in [6.45, 7) is 1.96. The number of hydrogen-bond donors (Lipinski definition) is 2. The molecule has 4 aromatic rings. The second-order valence-corrected chi connectivity index (χ2v) is 7.81. The minimum Gasteiger partial charge on any atom is -0.492 e. The van der Waals surface area contributed by atoms with Crippen LogP contribution in [0.2, 0.25) is 0 Å². The second kappa shape index (κ2) is 11.8. The summed E-state index contributed by atoms with van der Waals surface area (Å²) in [5.74, 6) is 1.62. The van der Waals surface area contributed by atoms with Crippen molar-refractivity contribution in [3.63, 3.8) is 0 Å². The van der Waals surface area contributed by atoms with Crippen molar-refractivity contribution < 1.29 is 9.47 Å². The van der Waals surface area contributed by atoms with Crippen LogP contribution in [0.3, 0.4) is 0 Å². The zero-order chi connectivity index (χ0) is 23.6. The Labute approximate surface area is 201 Å². The SMILES string of the molecule is NCCOc1ccc(/C(=C(/c2ccccc2)c2ccc(OCCN)cc2)c2ccccc2)cc1.